The maximum absolute atomic E-state index is 12.3. The van der Waals surface area contributed by atoms with E-state index in [1.54, 1.807) is 6.92 Å². The number of hydrogen-bond donors (Lipinski definition) is 3. The quantitative estimate of drug-likeness (QED) is 0.479. The maximum atomic E-state index is 12.3. The third kappa shape index (κ3) is 3.70. The minimum Gasteiger partial charge on any atom is -0.388 e. The smallest absolute Gasteiger partial charge is 0.359 e. The van der Waals surface area contributed by atoms with E-state index in [9.17, 15) is 19.7 Å². The summed E-state index contributed by atoms with van der Waals surface area (Å²) in [5, 5.41) is 18.3. The van der Waals surface area contributed by atoms with E-state index in [4.69, 9.17) is 21.8 Å². The summed E-state index contributed by atoms with van der Waals surface area (Å²) in [6, 6.07) is -0.873. The second-order valence-corrected chi connectivity index (χ2v) is 8.18. The van der Waals surface area contributed by atoms with Crippen LogP contribution in [0.4, 0.5) is 0 Å². The summed E-state index contributed by atoms with van der Waals surface area (Å²) >= 11 is 0. The van der Waals surface area contributed by atoms with Crippen LogP contribution in [0.5, 0.6) is 0 Å². The third-order valence-corrected chi connectivity index (χ3v) is 6.12. The molecule has 3 N–H and O–H groups in total. The number of methoxy groups -OCH3 is 1. The molecule has 122 valence electrons. The predicted octanol–water partition coefficient (Wildman–Crippen LogP) is 0.355. The molecule has 0 aromatic rings. The third-order valence-electron chi connectivity index (χ3n) is 3.87. The lowest BCUT2D eigenvalue weighted by atomic mass is 9.90. The Balaban J connectivity index is 2.95. The van der Waals surface area contributed by atoms with Crippen molar-refractivity contribution in [2.45, 2.75) is 69.4 Å². The van der Waals surface area contributed by atoms with E-state index < -0.39 is 42.9 Å². The molecule has 0 bridgehead atoms. The van der Waals surface area contributed by atoms with Crippen molar-refractivity contribution in [3.63, 3.8) is 0 Å². The lowest BCUT2D eigenvalue weighted by molar-refractivity contribution is -0.0976. The van der Waals surface area contributed by atoms with Gasteiger partial charge in [0.2, 0.25) is 0 Å². The molecule has 0 aromatic carbocycles. The summed E-state index contributed by atoms with van der Waals surface area (Å²) in [4.78, 5) is 10.00. The molecular formula is C12H24BO7P. The van der Waals surface area contributed by atoms with Gasteiger partial charge in [0, 0.05) is 13.1 Å². The number of aliphatic hydroxyl groups excluding tert-OH is 1. The van der Waals surface area contributed by atoms with E-state index in [0.717, 1.165) is 0 Å². The van der Waals surface area contributed by atoms with Gasteiger partial charge in [-0.2, -0.15) is 0 Å². The summed E-state index contributed by atoms with van der Waals surface area (Å²) < 4.78 is 27.9. The first kappa shape index (κ1) is 19.1. The summed E-state index contributed by atoms with van der Waals surface area (Å²) in [6.45, 7) is 5.76. The number of ether oxygens (including phenoxy) is 2. The van der Waals surface area contributed by atoms with Crippen LogP contribution in [0.1, 0.15) is 34.1 Å². The highest BCUT2D eigenvalue weighted by atomic mass is 31.2. The standard InChI is InChI=1S/C12H24BO7P/c1-6-12(4,15)21(16,17)20-11(2,3)9-7(14)8(18-5)10(13)19-9/h7-10,14-15H,6H2,1-5H3,(H,16,17)/t7-,8+,9-,10+,12?/m0/s1. The van der Waals surface area contributed by atoms with Gasteiger partial charge in [-0.1, -0.05) is 6.92 Å². The lowest BCUT2D eigenvalue weighted by Gasteiger charge is -2.38. The minimum atomic E-state index is -4.36. The van der Waals surface area contributed by atoms with Crippen LogP contribution in [0, 0.1) is 0 Å². The van der Waals surface area contributed by atoms with Gasteiger partial charge in [-0.15, -0.1) is 0 Å². The van der Waals surface area contributed by atoms with E-state index in [-0.39, 0.29) is 6.42 Å². The number of rotatable bonds is 6. The molecule has 0 spiro atoms. The summed E-state index contributed by atoms with van der Waals surface area (Å²) in [6.07, 6.45) is -2.81. The molecule has 2 radical (unpaired) electrons. The van der Waals surface area contributed by atoms with Crippen LogP contribution in [0.2, 0.25) is 0 Å². The molecule has 9 heteroatoms. The van der Waals surface area contributed by atoms with Crippen LogP contribution in [0.15, 0.2) is 0 Å². The van der Waals surface area contributed by atoms with Crippen LogP contribution < -0.4 is 0 Å². The largest absolute Gasteiger partial charge is 0.388 e. The molecule has 1 aliphatic heterocycles. The first-order valence-corrected chi connectivity index (χ1v) is 8.35. The topological polar surface area (TPSA) is 105 Å². The Hall–Kier alpha value is 0.0549. The normalized spacial score (nSPS) is 36.2. The van der Waals surface area contributed by atoms with E-state index in [1.165, 1.54) is 27.9 Å². The maximum Gasteiger partial charge on any atom is 0.359 e. The van der Waals surface area contributed by atoms with Crippen LogP contribution in [-0.4, -0.2) is 65.3 Å². The molecule has 1 heterocycles. The molecule has 0 saturated carbocycles. The van der Waals surface area contributed by atoms with E-state index in [2.05, 4.69) is 0 Å². The van der Waals surface area contributed by atoms with Crippen LogP contribution in [0.25, 0.3) is 0 Å². The van der Waals surface area contributed by atoms with Gasteiger partial charge in [0.15, 0.2) is 5.34 Å². The number of hydrogen-bond acceptors (Lipinski definition) is 6. The van der Waals surface area contributed by atoms with Gasteiger partial charge in [-0.05, 0) is 27.2 Å². The monoisotopic (exact) mass is 322 g/mol. The zero-order valence-corrected chi connectivity index (χ0v) is 13.9. The molecule has 1 fully saturated rings. The summed E-state index contributed by atoms with van der Waals surface area (Å²) in [5.41, 5.74) is -1.35. The van der Waals surface area contributed by atoms with Gasteiger partial charge in [0.05, 0.1) is 0 Å². The van der Waals surface area contributed by atoms with Crippen molar-refractivity contribution in [1.82, 2.24) is 0 Å². The fraction of sp³-hybridized carbons (Fsp3) is 1.00. The molecule has 0 aliphatic carbocycles. The van der Waals surface area contributed by atoms with Gasteiger partial charge in [-0.3, -0.25) is 9.09 Å². The second-order valence-electron chi connectivity index (χ2n) is 6.00. The Morgan fingerprint density at radius 1 is 1.38 bits per heavy atom. The molecule has 2 unspecified atom stereocenters. The molecular weight excluding hydrogens is 298 g/mol. The molecule has 1 aliphatic rings. The van der Waals surface area contributed by atoms with Gasteiger partial charge >= 0.3 is 7.60 Å². The summed E-state index contributed by atoms with van der Waals surface area (Å²) in [7, 11) is 2.72. The van der Waals surface area contributed by atoms with Crippen LogP contribution in [0.3, 0.4) is 0 Å². The highest BCUT2D eigenvalue weighted by molar-refractivity contribution is 7.54. The zero-order valence-electron chi connectivity index (χ0n) is 13.0. The predicted molar refractivity (Wildman–Crippen MR) is 77.1 cm³/mol. The van der Waals surface area contributed by atoms with Crippen molar-refractivity contribution in [2.24, 2.45) is 0 Å². The van der Waals surface area contributed by atoms with E-state index in [0.29, 0.717) is 0 Å². The van der Waals surface area contributed by atoms with Crippen molar-refractivity contribution >= 4 is 15.4 Å². The van der Waals surface area contributed by atoms with E-state index in [1.807, 2.05) is 0 Å². The van der Waals surface area contributed by atoms with E-state index >= 15 is 0 Å². The second kappa shape index (κ2) is 6.28. The first-order valence-electron chi connectivity index (χ1n) is 6.77. The molecule has 0 aromatic heterocycles. The van der Waals surface area contributed by atoms with Gasteiger partial charge in [0.25, 0.3) is 0 Å². The van der Waals surface area contributed by atoms with Crippen LogP contribution in [-0.2, 0) is 18.6 Å². The molecule has 1 saturated heterocycles. The molecule has 6 atom stereocenters. The average Bonchev–Trinajstić information content (AvgIpc) is 2.63. The Morgan fingerprint density at radius 2 is 1.90 bits per heavy atom. The van der Waals surface area contributed by atoms with Crippen LogP contribution >= 0.6 is 7.60 Å². The Kier molecular flexibility index (Phi) is 5.71. The lowest BCUT2D eigenvalue weighted by Crippen LogP contribution is -2.47. The summed E-state index contributed by atoms with van der Waals surface area (Å²) in [5.74, 6) is 0. The molecule has 1 rings (SSSR count). The van der Waals surface area contributed by atoms with Crippen molar-refractivity contribution < 1.29 is 33.7 Å². The molecule has 0 amide bonds. The molecule has 7 nitrogen and oxygen atoms in total. The highest BCUT2D eigenvalue weighted by Gasteiger charge is 2.54. The number of aliphatic hydroxyl groups is 2. The Labute approximate surface area is 126 Å². The first-order chi connectivity index (χ1) is 9.39. The molecule has 21 heavy (non-hydrogen) atoms. The van der Waals surface area contributed by atoms with Gasteiger partial charge in [0.1, 0.15) is 31.8 Å². The van der Waals surface area contributed by atoms with Crippen molar-refractivity contribution in [3.05, 3.63) is 0 Å². The van der Waals surface area contributed by atoms with Crippen molar-refractivity contribution in [3.8, 4) is 0 Å². The fourth-order valence-electron chi connectivity index (χ4n) is 2.21. The van der Waals surface area contributed by atoms with Crippen molar-refractivity contribution in [2.75, 3.05) is 7.11 Å². The zero-order chi connectivity index (χ0) is 16.6. The average molecular weight is 322 g/mol. The van der Waals surface area contributed by atoms with Gasteiger partial charge in [-0.25, -0.2) is 0 Å². The van der Waals surface area contributed by atoms with Gasteiger partial charge < -0.3 is 24.6 Å². The fourth-order valence-corrected chi connectivity index (χ4v) is 3.55. The Morgan fingerprint density at radius 3 is 2.29 bits per heavy atom. The highest BCUT2D eigenvalue weighted by Crippen LogP contribution is 2.58. The SMILES string of the molecule is [B][C@@H]1O[C@H](C(C)(C)OP(=O)(O)C(C)(O)CC)[C@@H](O)[C@H]1OC. The minimum absolute atomic E-state index is 0.0329. The Bertz CT molecular complexity index is 414. The van der Waals surface area contributed by atoms with Crippen molar-refractivity contribution in [1.29, 1.82) is 0 Å².